The number of rotatable bonds is 16. The van der Waals surface area contributed by atoms with Crippen LogP contribution in [0, 0.1) is 5.92 Å². The zero-order valence-corrected chi connectivity index (χ0v) is 28.1. The van der Waals surface area contributed by atoms with Crippen LogP contribution in [0.15, 0.2) is 24.4 Å². The molecule has 1 fully saturated rings. The number of carbonyl (C=O) groups excluding carboxylic acids is 1. The van der Waals surface area contributed by atoms with Crippen molar-refractivity contribution in [2.24, 2.45) is 5.92 Å². The lowest BCUT2D eigenvalue weighted by Crippen LogP contribution is -2.38. The maximum absolute atomic E-state index is 13.0. The molecule has 2 heterocycles. The number of nitrogens with zero attached hydrogens (tertiary/aromatic N) is 3. The minimum atomic E-state index is -3.99. The second kappa shape index (κ2) is 15.0. The molecule has 1 aromatic heterocycles. The first-order chi connectivity index (χ1) is 20.5. The Morgan fingerprint density at radius 2 is 1.89 bits per heavy atom. The molecule has 2 N–H and O–H groups in total. The van der Waals surface area contributed by atoms with Gasteiger partial charge >= 0.3 is 10.1 Å². The third-order valence-electron chi connectivity index (χ3n) is 7.47. The Hall–Kier alpha value is -2.74. The van der Waals surface area contributed by atoms with E-state index in [9.17, 15) is 18.3 Å². The molecular formula is C31H50N4O8S. The van der Waals surface area contributed by atoms with Crippen molar-refractivity contribution < 1.29 is 36.7 Å². The van der Waals surface area contributed by atoms with Gasteiger partial charge in [-0.15, -0.1) is 5.10 Å². The molecule has 0 bridgehead atoms. The summed E-state index contributed by atoms with van der Waals surface area (Å²) in [5.74, 6) is 0.00514. The summed E-state index contributed by atoms with van der Waals surface area (Å²) in [7, 11) is -3.99. The predicted molar refractivity (Wildman–Crippen MR) is 166 cm³/mol. The molecule has 3 rings (SSSR count). The SMILES string of the molecule is CC(C)Cc1cn(C(C)(C)CCOC(C)(C)CCNC(=O)c2ccc(O[C@@H]3OCCCC3O)c(OS(=O)(=O)C(C)C)c2)nn1. The maximum Gasteiger partial charge on any atom is 0.311 e. The number of hydrogen-bond donors (Lipinski definition) is 2. The van der Waals surface area contributed by atoms with Gasteiger partial charge in [0.25, 0.3) is 5.91 Å². The van der Waals surface area contributed by atoms with Crippen LogP contribution in [0.5, 0.6) is 11.5 Å². The van der Waals surface area contributed by atoms with Crippen LogP contribution in [-0.2, 0) is 31.6 Å². The average molecular weight is 639 g/mol. The van der Waals surface area contributed by atoms with E-state index in [1.165, 1.54) is 32.0 Å². The molecule has 248 valence electrons. The van der Waals surface area contributed by atoms with Gasteiger partial charge in [0.2, 0.25) is 6.29 Å². The lowest BCUT2D eigenvalue weighted by Gasteiger charge is -2.29. The highest BCUT2D eigenvalue weighted by Crippen LogP contribution is 2.33. The topological polar surface area (TPSA) is 151 Å². The summed E-state index contributed by atoms with van der Waals surface area (Å²) in [5, 5.41) is 20.9. The maximum atomic E-state index is 13.0. The number of ether oxygens (including phenoxy) is 3. The summed E-state index contributed by atoms with van der Waals surface area (Å²) < 4.78 is 49.8. The van der Waals surface area contributed by atoms with Crippen LogP contribution in [0.1, 0.15) is 97.1 Å². The van der Waals surface area contributed by atoms with Gasteiger partial charge in [-0.2, -0.15) is 8.42 Å². The van der Waals surface area contributed by atoms with Gasteiger partial charge in [0.1, 0.15) is 6.10 Å². The molecule has 44 heavy (non-hydrogen) atoms. The normalized spacial score (nSPS) is 18.1. The summed E-state index contributed by atoms with van der Waals surface area (Å²) in [5.41, 5.74) is 0.394. The number of aliphatic hydroxyl groups is 1. The molecule has 13 heteroatoms. The van der Waals surface area contributed by atoms with Crippen molar-refractivity contribution in [1.82, 2.24) is 20.3 Å². The van der Waals surface area contributed by atoms with Crippen molar-refractivity contribution in [1.29, 1.82) is 0 Å². The smallest absolute Gasteiger partial charge is 0.311 e. The molecule has 1 saturated heterocycles. The number of aliphatic hydroxyl groups excluding tert-OH is 1. The van der Waals surface area contributed by atoms with Crippen molar-refractivity contribution in [2.45, 2.75) is 116 Å². The molecule has 1 aliphatic heterocycles. The molecule has 1 amide bonds. The monoisotopic (exact) mass is 638 g/mol. The van der Waals surface area contributed by atoms with Crippen LogP contribution in [-0.4, -0.2) is 77.4 Å². The Kier molecular flexibility index (Phi) is 12.2. The van der Waals surface area contributed by atoms with Crippen LogP contribution in [0.4, 0.5) is 0 Å². The zero-order chi connectivity index (χ0) is 32.7. The van der Waals surface area contributed by atoms with E-state index in [4.69, 9.17) is 18.4 Å². The minimum Gasteiger partial charge on any atom is -0.458 e. The number of nitrogens with one attached hydrogen (secondary N) is 1. The molecule has 12 nitrogen and oxygen atoms in total. The first kappa shape index (κ1) is 35.7. The third-order valence-corrected chi connectivity index (χ3v) is 9.04. The molecule has 0 radical (unpaired) electrons. The largest absolute Gasteiger partial charge is 0.458 e. The van der Waals surface area contributed by atoms with Crippen molar-refractivity contribution in [2.75, 3.05) is 19.8 Å². The van der Waals surface area contributed by atoms with Gasteiger partial charge in [0, 0.05) is 24.9 Å². The van der Waals surface area contributed by atoms with Crippen LogP contribution >= 0.6 is 0 Å². The van der Waals surface area contributed by atoms with Gasteiger partial charge < -0.3 is 28.8 Å². The van der Waals surface area contributed by atoms with Crippen LogP contribution in [0.3, 0.4) is 0 Å². The minimum absolute atomic E-state index is 0.0521. The molecule has 1 aliphatic rings. The molecule has 0 saturated carbocycles. The average Bonchev–Trinajstić information content (AvgIpc) is 3.39. The van der Waals surface area contributed by atoms with Gasteiger partial charge in [-0.3, -0.25) is 4.79 Å². The van der Waals surface area contributed by atoms with Crippen LogP contribution in [0.2, 0.25) is 0 Å². The Bertz CT molecular complexity index is 1340. The van der Waals surface area contributed by atoms with E-state index in [0.717, 1.165) is 18.5 Å². The summed E-state index contributed by atoms with van der Waals surface area (Å²) in [6, 6.07) is 4.27. The van der Waals surface area contributed by atoms with E-state index in [-0.39, 0.29) is 22.6 Å². The zero-order valence-electron chi connectivity index (χ0n) is 27.3. The van der Waals surface area contributed by atoms with Gasteiger partial charge in [0.15, 0.2) is 11.5 Å². The molecule has 1 aromatic carbocycles. The summed E-state index contributed by atoms with van der Waals surface area (Å²) in [6.45, 7) is 16.7. The quantitative estimate of drug-likeness (QED) is 0.256. The highest BCUT2D eigenvalue weighted by atomic mass is 32.2. The standard InChI is InChI=1S/C31H50N4O8S/c1-21(2)18-24-20-35(34-33-24)30(5,6)14-17-41-31(7,8)13-15-32-28(37)23-11-12-26(42-29-25(36)10-9-16-40-29)27(19-23)43-44(38,39)22(3)4/h11-12,19-22,25,29,36H,9-10,13-18H2,1-8H3,(H,32,37)/t25?,29-/m0/s1. The highest BCUT2D eigenvalue weighted by molar-refractivity contribution is 7.87. The number of amides is 1. The van der Waals surface area contributed by atoms with Crippen LogP contribution in [0.25, 0.3) is 0 Å². The van der Waals surface area contributed by atoms with Crippen molar-refractivity contribution in [3.05, 3.63) is 35.7 Å². The number of hydrogen-bond acceptors (Lipinski definition) is 10. The Morgan fingerprint density at radius 3 is 2.55 bits per heavy atom. The number of carbonyl (C=O) groups is 1. The van der Waals surface area contributed by atoms with Gasteiger partial charge in [0.05, 0.1) is 28.7 Å². The molecule has 0 spiro atoms. The molecule has 2 atom stereocenters. The molecule has 0 aliphatic carbocycles. The fourth-order valence-electron chi connectivity index (χ4n) is 4.46. The molecular weight excluding hydrogens is 588 g/mol. The fourth-order valence-corrected chi connectivity index (χ4v) is 5.03. The lowest BCUT2D eigenvalue weighted by molar-refractivity contribution is -0.170. The van der Waals surface area contributed by atoms with Crippen molar-refractivity contribution in [3.63, 3.8) is 0 Å². The first-order valence-corrected chi connectivity index (χ1v) is 16.8. The van der Waals surface area contributed by atoms with Crippen molar-refractivity contribution in [3.8, 4) is 11.5 Å². The predicted octanol–water partition coefficient (Wildman–Crippen LogP) is 4.21. The fraction of sp³-hybridized carbons (Fsp3) is 0.710. The highest BCUT2D eigenvalue weighted by Gasteiger charge is 2.29. The van der Waals surface area contributed by atoms with E-state index in [1.54, 1.807) is 0 Å². The van der Waals surface area contributed by atoms with Gasteiger partial charge in [-0.25, -0.2) is 4.68 Å². The van der Waals surface area contributed by atoms with E-state index in [1.807, 2.05) is 24.7 Å². The van der Waals surface area contributed by atoms with E-state index < -0.39 is 39.3 Å². The van der Waals surface area contributed by atoms with Gasteiger partial charge in [-0.05, 0) is 97.8 Å². The summed E-state index contributed by atoms with van der Waals surface area (Å²) in [4.78, 5) is 13.0. The second-order valence-corrected chi connectivity index (χ2v) is 15.4. The Morgan fingerprint density at radius 1 is 1.16 bits per heavy atom. The Balaban J connectivity index is 1.57. The number of benzene rings is 1. The van der Waals surface area contributed by atoms with Crippen LogP contribution < -0.4 is 14.2 Å². The first-order valence-electron chi connectivity index (χ1n) is 15.4. The third kappa shape index (κ3) is 10.4. The molecule has 2 aromatic rings. The van der Waals surface area contributed by atoms with E-state index in [0.29, 0.717) is 44.9 Å². The number of aromatic nitrogens is 3. The Labute approximate surface area is 261 Å². The van der Waals surface area contributed by atoms with Crippen molar-refractivity contribution >= 4 is 16.0 Å². The summed E-state index contributed by atoms with van der Waals surface area (Å²) in [6.07, 6.45) is 3.49. The molecule has 1 unspecified atom stereocenters. The lowest BCUT2D eigenvalue weighted by atomic mass is 10.0. The van der Waals surface area contributed by atoms with E-state index >= 15 is 0 Å². The van der Waals surface area contributed by atoms with Gasteiger partial charge in [-0.1, -0.05) is 19.1 Å². The second-order valence-electron chi connectivity index (χ2n) is 13.3. The summed E-state index contributed by atoms with van der Waals surface area (Å²) >= 11 is 0. The van der Waals surface area contributed by atoms with E-state index in [2.05, 4.69) is 43.3 Å².